The molecule has 2 nitrogen and oxygen atoms in total. The maximum atomic E-state index is 5.71. The molecule has 2 N–H and O–H groups in total. The quantitative estimate of drug-likeness (QED) is 0.870. The fourth-order valence-corrected chi connectivity index (χ4v) is 1.92. The highest BCUT2D eigenvalue weighted by Gasteiger charge is 2.00. The number of rotatable bonds is 3. The topological polar surface area (TPSA) is 35.2 Å². The molecule has 2 aromatic rings. The summed E-state index contributed by atoms with van der Waals surface area (Å²) in [5.74, 6) is 0.813. The molecule has 0 aromatic heterocycles. The number of ether oxygens (including phenoxy) is 1. The number of benzene rings is 2. The minimum atomic E-state index is 0.567. The lowest BCUT2D eigenvalue weighted by Gasteiger charge is -2.08. The lowest BCUT2D eigenvalue weighted by Crippen LogP contribution is -1.96. The van der Waals surface area contributed by atoms with Gasteiger partial charge in [-0.2, -0.15) is 0 Å². The van der Waals surface area contributed by atoms with E-state index in [1.807, 2.05) is 24.3 Å². The molecule has 2 rings (SSSR count). The highest BCUT2D eigenvalue weighted by atomic mass is 79.9. The summed E-state index contributed by atoms with van der Waals surface area (Å²) < 4.78 is 6.56. The van der Waals surface area contributed by atoms with Crippen molar-refractivity contribution in [2.75, 3.05) is 5.73 Å². The zero-order valence-electron chi connectivity index (χ0n) is 9.61. The normalized spacial score (nSPS) is 10.2. The SMILES string of the molecule is Cc1cccc(COc2ccc(N)c(Br)c2)c1. The van der Waals surface area contributed by atoms with E-state index in [4.69, 9.17) is 10.5 Å². The monoisotopic (exact) mass is 291 g/mol. The van der Waals surface area contributed by atoms with Crippen molar-refractivity contribution in [3.63, 3.8) is 0 Å². The number of hydrogen-bond acceptors (Lipinski definition) is 2. The number of anilines is 1. The molecule has 88 valence electrons. The first-order valence-corrected chi connectivity index (χ1v) is 6.18. The standard InChI is InChI=1S/C14H14BrNO/c1-10-3-2-4-11(7-10)9-17-12-5-6-14(16)13(15)8-12/h2-8H,9,16H2,1H3. The average Bonchev–Trinajstić information content (AvgIpc) is 2.31. The van der Waals surface area contributed by atoms with Crippen LogP contribution >= 0.6 is 15.9 Å². The molecule has 0 atom stereocenters. The summed E-state index contributed by atoms with van der Waals surface area (Å²) in [6, 6.07) is 13.9. The number of nitrogens with two attached hydrogens (primary N) is 1. The van der Waals surface area contributed by atoms with Gasteiger partial charge < -0.3 is 10.5 Å². The molecule has 0 radical (unpaired) electrons. The van der Waals surface area contributed by atoms with Crippen LogP contribution in [0.1, 0.15) is 11.1 Å². The van der Waals surface area contributed by atoms with Gasteiger partial charge >= 0.3 is 0 Å². The minimum absolute atomic E-state index is 0.567. The maximum absolute atomic E-state index is 5.71. The molecule has 0 aliphatic carbocycles. The summed E-state index contributed by atoms with van der Waals surface area (Å²) in [4.78, 5) is 0. The van der Waals surface area contributed by atoms with Crippen molar-refractivity contribution in [3.05, 3.63) is 58.1 Å². The molecule has 0 unspecified atom stereocenters. The predicted molar refractivity (Wildman–Crippen MR) is 74.1 cm³/mol. The van der Waals surface area contributed by atoms with E-state index in [1.165, 1.54) is 5.56 Å². The van der Waals surface area contributed by atoms with Gasteiger partial charge in [0.15, 0.2) is 0 Å². The van der Waals surface area contributed by atoms with E-state index in [1.54, 1.807) is 0 Å². The van der Waals surface area contributed by atoms with Crippen LogP contribution in [0.2, 0.25) is 0 Å². The lowest BCUT2D eigenvalue weighted by molar-refractivity contribution is 0.306. The third kappa shape index (κ3) is 3.24. The first-order chi connectivity index (χ1) is 8.15. The summed E-state index contributed by atoms with van der Waals surface area (Å²) in [7, 11) is 0. The molecular weight excluding hydrogens is 278 g/mol. The van der Waals surface area contributed by atoms with Gasteiger partial charge in [-0.25, -0.2) is 0 Å². The van der Waals surface area contributed by atoms with Crippen LogP contribution in [0.4, 0.5) is 5.69 Å². The molecular formula is C14H14BrNO. The van der Waals surface area contributed by atoms with Gasteiger partial charge in [0, 0.05) is 10.2 Å². The molecule has 0 saturated heterocycles. The number of aryl methyl sites for hydroxylation is 1. The second-order valence-electron chi connectivity index (χ2n) is 3.96. The van der Waals surface area contributed by atoms with Gasteiger partial charge in [-0.3, -0.25) is 0 Å². The van der Waals surface area contributed by atoms with Crippen molar-refractivity contribution >= 4 is 21.6 Å². The summed E-state index contributed by atoms with van der Waals surface area (Å²) in [5, 5.41) is 0. The Balaban J connectivity index is 2.05. The van der Waals surface area contributed by atoms with Crippen LogP contribution < -0.4 is 10.5 Å². The Morgan fingerprint density at radius 1 is 1.18 bits per heavy atom. The van der Waals surface area contributed by atoms with Gasteiger partial charge in [-0.1, -0.05) is 29.8 Å². The highest BCUT2D eigenvalue weighted by molar-refractivity contribution is 9.10. The van der Waals surface area contributed by atoms with Gasteiger partial charge in [-0.15, -0.1) is 0 Å². The van der Waals surface area contributed by atoms with Crippen molar-refractivity contribution in [2.45, 2.75) is 13.5 Å². The Labute approximate surface area is 110 Å². The summed E-state index contributed by atoms with van der Waals surface area (Å²) in [6.45, 7) is 2.64. The van der Waals surface area contributed by atoms with Crippen LogP contribution in [-0.2, 0) is 6.61 Å². The van der Waals surface area contributed by atoms with Crippen LogP contribution in [0.5, 0.6) is 5.75 Å². The van der Waals surface area contributed by atoms with Crippen molar-refractivity contribution in [1.82, 2.24) is 0 Å². The Bertz CT molecular complexity index is 525. The Hall–Kier alpha value is -1.48. The predicted octanol–water partition coefficient (Wildman–Crippen LogP) is 3.92. The largest absolute Gasteiger partial charge is 0.489 e. The second-order valence-corrected chi connectivity index (χ2v) is 4.82. The zero-order chi connectivity index (χ0) is 12.3. The van der Waals surface area contributed by atoms with E-state index in [0.717, 1.165) is 15.8 Å². The molecule has 0 heterocycles. The molecule has 0 aliphatic rings. The molecule has 0 fully saturated rings. The number of hydrogen-bond donors (Lipinski definition) is 1. The lowest BCUT2D eigenvalue weighted by atomic mass is 10.1. The van der Waals surface area contributed by atoms with Crippen molar-refractivity contribution in [1.29, 1.82) is 0 Å². The van der Waals surface area contributed by atoms with E-state index >= 15 is 0 Å². The van der Waals surface area contributed by atoms with Gasteiger partial charge in [0.25, 0.3) is 0 Å². The Morgan fingerprint density at radius 3 is 2.71 bits per heavy atom. The molecule has 0 aliphatic heterocycles. The smallest absolute Gasteiger partial charge is 0.121 e. The molecule has 0 amide bonds. The fourth-order valence-electron chi connectivity index (χ4n) is 1.57. The Morgan fingerprint density at radius 2 is 2.00 bits per heavy atom. The first kappa shape index (κ1) is 12.0. The van der Waals surface area contributed by atoms with Crippen LogP contribution in [0.15, 0.2) is 46.9 Å². The highest BCUT2D eigenvalue weighted by Crippen LogP contribution is 2.25. The van der Waals surface area contributed by atoms with E-state index < -0.39 is 0 Å². The number of nitrogen functional groups attached to an aromatic ring is 1. The molecule has 0 spiro atoms. The average molecular weight is 292 g/mol. The van der Waals surface area contributed by atoms with Gasteiger partial charge in [-0.05, 0) is 46.6 Å². The molecule has 0 bridgehead atoms. The van der Waals surface area contributed by atoms with E-state index in [-0.39, 0.29) is 0 Å². The van der Waals surface area contributed by atoms with E-state index in [9.17, 15) is 0 Å². The van der Waals surface area contributed by atoms with E-state index in [2.05, 4.69) is 41.1 Å². The van der Waals surface area contributed by atoms with Crippen molar-refractivity contribution < 1.29 is 4.74 Å². The molecule has 0 saturated carbocycles. The van der Waals surface area contributed by atoms with Crippen LogP contribution in [-0.4, -0.2) is 0 Å². The minimum Gasteiger partial charge on any atom is -0.489 e. The Kier molecular flexibility index (Phi) is 3.69. The first-order valence-electron chi connectivity index (χ1n) is 5.38. The van der Waals surface area contributed by atoms with Gasteiger partial charge in [0.1, 0.15) is 12.4 Å². The summed E-state index contributed by atoms with van der Waals surface area (Å²) in [6.07, 6.45) is 0. The molecule has 2 aromatic carbocycles. The van der Waals surface area contributed by atoms with Crippen LogP contribution in [0.3, 0.4) is 0 Å². The van der Waals surface area contributed by atoms with Crippen molar-refractivity contribution in [2.24, 2.45) is 0 Å². The van der Waals surface area contributed by atoms with Crippen LogP contribution in [0, 0.1) is 6.92 Å². The van der Waals surface area contributed by atoms with Gasteiger partial charge in [0.2, 0.25) is 0 Å². The fraction of sp³-hybridized carbons (Fsp3) is 0.143. The third-order valence-electron chi connectivity index (χ3n) is 2.46. The summed E-state index contributed by atoms with van der Waals surface area (Å²) in [5.41, 5.74) is 8.83. The molecule has 17 heavy (non-hydrogen) atoms. The van der Waals surface area contributed by atoms with Gasteiger partial charge in [0.05, 0.1) is 0 Å². The van der Waals surface area contributed by atoms with E-state index in [0.29, 0.717) is 12.3 Å². The molecule has 3 heteroatoms. The summed E-state index contributed by atoms with van der Waals surface area (Å²) >= 11 is 3.38. The maximum Gasteiger partial charge on any atom is 0.121 e. The van der Waals surface area contributed by atoms with Crippen molar-refractivity contribution in [3.8, 4) is 5.75 Å². The second kappa shape index (κ2) is 5.23. The number of halogens is 1. The zero-order valence-corrected chi connectivity index (χ0v) is 11.2. The van der Waals surface area contributed by atoms with Crippen LogP contribution in [0.25, 0.3) is 0 Å². The third-order valence-corrected chi connectivity index (χ3v) is 3.15.